The number of rotatable bonds is 4. The number of nitrogens with one attached hydrogen (secondary N) is 1. The van der Waals surface area contributed by atoms with E-state index in [0.29, 0.717) is 12.1 Å². The summed E-state index contributed by atoms with van der Waals surface area (Å²) in [5.41, 5.74) is 3.43. The van der Waals surface area contributed by atoms with Crippen LogP contribution in [0.15, 0.2) is 36.4 Å². The van der Waals surface area contributed by atoms with Crippen LogP contribution in [-0.4, -0.2) is 5.11 Å². The van der Waals surface area contributed by atoms with Gasteiger partial charge < -0.3 is 10.4 Å². The highest BCUT2D eigenvalue weighted by molar-refractivity contribution is 5.33. The zero-order valence-electron chi connectivity index (χ0n) is 12.3. The third-order valence-electron chi connectivity index (χ3n) is 4.26. The fraction of sp³-hybridized carbons (Fsp3) is 0.333. The third-order valence-corrected chi connectivity index (χ3v) is 4.26. The number of aliphatic hydroxyl groups excluding tert-OH is 1. The van der Waals surface area contributed by atoms with Crippen molar-refractivity contribution in [3.8, 4) is 0 Å². The Hall–Kier alpha value is -1.78. The molecule has 1 aliphatic carbocycles. The normalized spacial score (nSPS) is 17.3. The van der Waals surface area contributed by atoms with Gasteiger partial charge in [-0.3, -0.25) is 0 Å². The topological polar surface area (TPSA) is 32.3 Å². The number of halogens is 2. The van der Waals surface area contributed by atoms with Crippen molar-refractivity contribution >= 4 is 0 Å². The fourth-order valence-corrected chi connectivity index (χ4v) is 3.08. The molecule has 22 heavy (non-hydrogen) atoms. The van der Waals surface area contributed by atoms with E-state index in [1.54, 1.807) is 18.2 Å². The van der Waals surface area contributed by atoms with Gasteiger partial charge in [0.2, 0.25) is 0 Å². The lowest BCUT2D eigenvalue weighted by Crippen LogP contribution is -2.25. The molecule has 0 aromatic heterocycles. The molecule has 2 nitrogen and oxygen atoms in total. The molecule has 1 aliphatic rings. The van der Waals surface area contributed by atoms with E-state index in [-0.39, 0.29) is 18.5 Å². The van der Waals surface area contributed by atoms with Crippen molar-refractivity contribution in [1.82, 2.24) is 5.32 Å². The minimum Gasteiger partial charge on any atom is -0.392 e. The molecule has 0 bridgehead atoms. The van der Waals surface area contributed by atoms with Crippen LogP contribution in [0.5, 0.6) is 0 Å². The zero-order chi connectivity index (χ0) is 15.5. The third kappa shape index (κ3) is 3.18. The minimum absolute atomic E-state index is 0.113. The molecule has 1 atom stereocenters. The summed E-state index contributed by atoms with van der Waals surface area (Å²) in [5, 5.41) is 12.5. The molecule has 0 spiro atoms. The fourth-order valence-electron chi connectivity index (χ4n) is 3.08. The summed E-state index contributed by atoms with van der Waals surface area (Å²) < 4.78 is 26.9. The van der Waals surface area contributed by atoms with Crippen LogP contribution in [0.3, 0.4) is 0 Å². The van der Waals surface area contributed by atoms with Gasteiger partial charge in [0.05, 0.1) is 6.61 Å². The molecule has 2 aromatic carbocycles. The number of aryl methyl sites for hydroxylation is 1. The Labute approximate surface area is 128 Å². The summed E-state index contributed by atoms with van der Waals surface area (Å²) in [6, 6.07) is 9.83. The van der Waals surface area contributed by atoms with E-state index >= 15 is 0 Å². The van der Waals surface area contributed by atoms with Gasteiger partial charge in [-0.05, 0) is 60.2 Å². The van der Waals surface area contributed by atoms with E-state index in [9.17, 15) is 8.78 Å². The van der Waals surface area contributed by atoms with Gasteiger partial charge in [-0.2, -0.15) is 0 Å². The van der Waals surface area contributed by atoms with Gasteiger partial charge in [-0.15, -0.1) is 0 Å². The smallest absolute Gasteiger partial charge is 0.128 e. The monoisotopic (exact) mass is 303 g/mol. The van der Waals surface area contributed by atoms with E-state index in [2.05, 4.69) is 5.32 Å². The van der Waals surface area contributed by atoms with E-state index in [4.69, 9.17) is 5.11 Å². The first-order chi connectivity index (χ1) is 10.7. The average molecular weight is 303 g/mol. The van der Waals surface area contributed by atoms with Crippen LogP contribution in [0.1, 0.15) is 41.1 Å². The summed E-state index contributed by atoms with van der Waals surface area (Å²) in [7, 11) is 0. The van der Waals surface area contributed by atoms with Crippen molar-refractivity contribution < 1.29 is 13.9 Å². The number of benzene rings is 2. The predicted octanol–water partition coefficient (Wildman–Crippen LogP) is 3.62. The molecule has 3 rings (SSSR count). The second kappa shape index (κ2) is 6.55. The lowest BCUT2D eigenvalue weighted by molar-refractivity contribution is 0.275. The van der Waals surface area contributed by atoms with E-state index in [1.807, 2.05) is 6.07 Å². The second-order valence-corrected chi connectivity index (χ2v) is 5.75. The molecular weight excluding hydrogens is 284 g/mol. The molecule has 0 amide bonds. The minimum atomic E-state index is -0.392. The van der Waals surface area contributed by atoms with Crippen LogP contribution in [0.4, 0.5) is 8.78 Å². The van der Waals surface area contributed by atoms with Gasteiger partial charge >= 0.3 is 0 Å². The second-order valence-electron chi connectivity index (χ2n) is 5.75. The molecule has 1 unspecified atom stereocenters. The van der Waals surface area contributed by atoms with Crippen molar-refractivity contribution in [2.24, 2.45) is 0 Å². The van der Waals surface area contributed by atoms with Crippen LogP contribution in [0.25, 0.3) is 0 Å². The molecular formula is C18H19F2NO. The highest BCUT2D eigenvalue weighted by Gasteiger charge is 2.20. The maximum absolute atomic E-state index is 13.5. The number of hydrogen-bond donors (Lipinski definition) is 2. The van der Waals surface area contributed by atoms with Crippen molar-refractivity contribution in [2.45, 2.75) is 38.5 Å². The Morgan fingerprint density at radius 3 is 2.82 bits per heavy atom. The van der Waals surface area contributed by atoms with Crippen molar-refractivity contribution in [2.75, 3.05) is 0 Å². The maximum Gasteiger partial charge on any atom is 0.128 e. The van der Waals surface area contributed by atoms with Crippen molar-refractivity contribution in [3.05, 3.63) is 70.3 Å². The zero-order valence-corrected chi connectivity index (χ0v) is 12.3. The van der Waals surface area contributed by atoms with Crippen LogP contribution in [0, 0.1) is 11.6 Å². The number of fused-ring (bicyclic) bond motifs is 1. The molecule has 0 fully saturated rings. The lowest BCUT2D eigenvalue weighted by atomic mass is 9.87. The molecule has 0 saturated heterocycles. The molecule has 0 saturated carbocycles. The number of hydrogen-bond acceptors (Lipinski definition) is 2. The Morgan fingerprint density at radius 2 is 2.00 bits per heavy atom. The van der Waals surface area contributed by atoms with Gasteiger partial charge in [-0.25, -0.2) is 8.78 Å². The van der Waals surface area contributed by atoms with Crippen LogP contribution >= 0.6 is 0 Å². The van der Waals surface area contributed by atoms with Crippen molar-refractivity contribution in [1.29, 1.82) is 0 Å². The molecule has 116 valence electrons. The molecule has 2 N–H and O–H groups in total. The summed E-state index contributed by atoms with van der Waals surface area (Å²) in [6.45, 7) is 0.255. The molecule has 4 heteroatoms. The quantitative estimate of drug-likeness (QED) is 0.904. The Morgan fingerprint density at radius 1 is 1.14 bits per heavy atom. The van der Waals surface area contributed by atoms with E-state index < -0.39 is 5.82 Å². The lowest BCUT2D eigenvalue weighted by Gasteiger charge is -2.26. The summed E-state index contributed by atoms with van der Waals surface area (Å²) in [4.78, 5) is 0. The van der Waals surface area contributed by atoms with Crippen LogP contribution in [0.2, 0.25) is 0 Å². The highest BCUT2D eigenvalue weighted by atomic mass is 19.1. The first-order valence-corrected chi connectivity index (χ1v) is 7.57. The Bertz CT molecular complexity index is 672. The Kier molecular flexibility index (Phi) is 4.50. The van der Waals surface area contributed by atoms with Gasteiger partial charge in [0, 0.05) is 18.2 Å². The number of aliphatic hydroxyl groups is 1. The van der Waals surface area contributed by atoms with E-state index in [0.717, 1.165) is 30.4 Å². The summed E-state index contributed by atoms with van der Waals surface area (Å²) >= 11 is 0. The molecule has 2 aromatic rings. The maximum atomic E-state index is 13.5. The largest absolute Gasteiger partial charge is 0.392 e. The average Bonchev–Trinajstić information content (AvgIpc) is 2.54. The van der Waals surface area contributed by atoms with Crippen molar-refractivity contribution in [3.63, 3.8) is 0 Å². The first-order valence-electron chi connectivity index (χ1n) is 7.57. The standard InChI is InChI=1S/C18H19F2NO/c19-15-6-5-13-2-1-3-18(16(13)9-15)21-10-12-4-7-17(20)14(8-12)11-22/h4-9,18,21-22H,1-3,10-11H2. The SMILES string of the molecule is OCc1cc(CNC2CCCc3ccc(F)cc32)ccc1F. The highest BCUT2D eigenvalue weighted by Crippen LogP contribution is 2.30. The first kappa shape index (κ1) is 15.1. The molecule has 0 aliphatic heterocycles. The Balaban J connectivity index is 1.74. The van der Waals surface area contributed by atoms with Gasteiger partial charge in [0.25, 0.3) is 0 Å². The van der Waals surface area contributed by atoms with Gasteiger partial charge in [0.1, 0.15) is 11.6 Å². The van der Waals surface area contributed by atoms with Gasteiger partial charge in [-0.1, -0.05) is 12.1 Å². The molecule has 0 radical (unpaired) electrons. The summed E-state index contributed by atoms with van der Waals surface area (Å²) in [5.74, 6) is -0.604. The van der Waals surface area contributed by atoms with E-state index in [1.165, 1.54) is 17.7 Å². The molecule has 0 heterocycles. The summed E-state index contributed by atoms with van der Waals surface area (Å²) in [6.07, 6.45) is 3.02. The van der Waals surface area contributed by atoms with Crippen LogP contribution in [-0.2, 0) is 19.6 Å². The van der Waals surface area contributed by atoms with Gasteiger partial charge in [0.15, 0.2) is 0 Å². The predicted molar refractivity (Wildman–Crippen MR) is 81.2 cm³/mol. The van der Waals surface area contributed by atoms with Crippen LogP contribution < -0.4 is 5.32 Å².